The van der Waals surface area contributed by atoms with Gasteiger partial charge in [0.1, 0.15) is 0 Å². The van der Waals surface area contributed by atoms with Crippen LogP contribution in [0.15, 0.2) is 24.3 Å². The van der Waals surface area contributed by atoms with Crippen LogP contribution < -0.4 is 4.90 Å². The zero-order valence-electron chi connectivity index (χ0n) is 15.9. The quantitative estimate of drug-likeness (QED) is 0.713. The SMILES string of the molecule is CCCCN(C(=O)Cc1ccc(N2CCCC2=O)cc1)C1CCS(=O)(=O)C1. The number of rotatable bonds is 7. The number of carbonyl (C=O) groups is 2. The van der Waals surface area contributed by atoms with Crippen LogP contribution in [-0.4, -0.2) is 55.8 Å². The van der Waals surface area contributed by atoms with Crippen LogP contribution in [0.5, 0.6) is 0 Å². The highest BCUT2D eigenvalue weighted by molar-refractivity contribution is 7.91. The molecule has 0 bridgehead atoms. The molecule has 1 atom stereocenters. The number of hydrogen-bond acceptors (Lipinski definition) is 4. The molecule has 0 radical (unpaired) electrons. The maximum Gasteiger partial charge on any atom is 0.227 e. The van der Waals surface area contributed by atoms with Gasteiger partial charge in [-0.3, -0.25) is 9.59 Å². The molecule has 2 fully saturated rings. The Morgan fingerprint density at radius 3 is 2.56 bits per heavy atom. The van der Waals surface area contributed by atoms with Crippen molar-refractivity contribution in [3.63, 3.8) is 0 Å². The van der Waals surface area contributed by atoms with E-state index in [-0.39, 0.29) is 35.8 Å². The molecule has 3 rings (SSSR count). The molecule has 1 aromatic carbocycles. The highest BCUT2D eigenvalue weighted by Gasteiger charge is 2.34. The van der Waals surface area contributed by atoms with Crippen LogP contribution in [0.4, 0.5) is 5.69 Å². The van der Waals surface area contributed by atoms with E-state index in [1.54, 1.807) is 9.80 Å². The normalized spacial score (nSPS) is 21.6. The van der Waals surface area contributed by atoms with Crippen molar-refractivity contribution in [1.29, 1.82) is 0 Å². The van der Waals surface area contributed by atoms with Gasteiger partial charge >= 0.3 is 0 Å². The first-order valence-electron chi connectivity index (χ1n) is 9.79. The molecule has 2 aliphatic rings. The Labute approximate surface area is 161 Å². The van der Waals surface area contributed by atoms with Crippen LogP contribution >= 0.6 is 0 Å². The van der Waals surface area contributed by atoms with E-state index in [2.05, 4.69) is 6.92 Å². The lowest BCUT2D eigenvalue weighted by Gasteiger charge is -2.28. The van der Waals surface area contributed by atoms with Crippen molar-refractivity contribution in [3.05, 3.63) is 29.8 Å². The van der Waals surface area contributed by atoms with E-state index in [9.17, 15) is 18.0 Å². The van der Waals surface area contributed by atoms with E-state index >= 15 is 0 Å². The summed E-state index contributed by atoms with van der Waals surface area (Å²) >= 11 is 0. The van der Waals surface area contributed by atoms with Gasteiger partial charge in [0.15, 0.2) is 9.84 Å². The molecule has 2 aliphatic heterocycles. The van der Waals surface area contributed by atoms with Crippen molar-refractivity contribution in [2.45, 2.75) is 51.5 Å². The first kappa shape index (κ1) is 19.9. The molecule has 0 aliphatic carbocycles. The van der Waals surface area contributed by atoms with Gasteiger partial charge in [-0.05, 0) is 37.0 Å². The van der Waals surface area contributed by atoms with E-state index in [0.717, 1.165) is 37.1 Å². The molecule has 27 heavy (non-hydrogen) atoms. The molecule has 0 N–H and O–H groups in total. The molecule has 0 saturated carbocycles. The van der Waals surface area contributed by atoms with Gasteiger partial charge in [0.25, 0.3) is 0 Å². The predicted octanol–water partition coefficient (Wildman–Crippen LogP) is 2.17. The van der Waals surface area contributed by atoms with Crippen molar-refractivity contribution in [3.8, 4) is 0 Å². The second-order valence-corrected chi connectivity index (χ2v) is 9.72. The Hall–Kier alpha value is -1.89. The van der Waals surface area contributed by atoms with Crippen LogP contribution in [0.2, 0.25) is 0 Å². The van der Waals surface area contributed by atoms with Gasteiger partial charge in [0.05, 0.1) is 17.9 Å². The molecule has 148 valence electrons. The van der Waals surface area contributed by atoms with Crippen LogP contribution in [0, 0.1) is 0 Å². The summed E-state index contributed by atoms with van der Waals surface area (Å²) in [5.74, 6) is 0.382. The van der Waals surface area contributed by atoms with Crippen LogP contribution in [-0.2, 0) is 25.8 Å². The molecule has 0 spiro atoms. The number of amides is 2. The Kier molecular flexibility index (Phi) is 6.19. The lowest BCUT2D eigenvalue weighted by molar-refractivity contribution is -0.132. The fourth-order valence-corrected chi connectivity index (χ4v) is 5.58. The second kappa shape index (κ2) is 8.42. The number of unbranched alkanes of at least 4 members (excludes halogenated alkanes) is 1. The maximum absolute atomic E-state index is 12.9. The number of hydrogen-bond donors (Lipinski definition) is 0. The number of sulfone groups is 1. The van der Waals surface area contributed by atoms with Gasteiger partial charge in [0, 0.05) is 31.2 Å². The van der Waals surface area contributed by atoms with Gasteiger partial charge in [0.2, 0.25) is 11.8 Å². The summed E-state index contributed by atoms with van der Waals surface area (Å²) in [4.78, 5) is 28.3. The zero-order valence-corrected chi connectivity index (χ0v) is 16.7. The number of carbonyl (C=O) groups excluding carboxylic acids is 2. The van der Waals surface area contributed by atoms with E-state index in [1.807, 2.05) is 24.3 Å². The van der Waals surface area contributed by atoms with E-state index in [4.69, 9.17) is 0 Å². The minimum Gasteiger partial charge on any atom is -0.338 e. The molecule has 2 heterocycles. The third-order valence-electron chi connectivity index (χ3n) is 5.40. The first-order valence-corrected chi connectivity index (χ1v) is 11.6. The molecule has 0 aromatic heterocycles. The highest BCUT2D eigenvalue weighted by atomic mass is 32.2. The summed E-state index contributed by atoms with van der Waals surface area (Å²) in [6.45, 7) is 3.42. The first-order chi connectivity index (χ1) is 12.9. The van der Waals surface area contributed by atoms with Crippen LogP contribution in [0.3, 0.4) is 0 Å². The molecule has 2 saturated heterocycles. The molecular formula is C20H28N2O4S. The average molecular weight is 393 g/mol. The van der Waals surface area contributed by atoms with Crippen molar-refractivity contribution >= 4 is 27.3 Å². The van der Waals surface area contributed by atoms with E-state index in [0.29, 0.717) is 19.4 Å². The lowest BCUT2D eigenvalue weighted by atomic mass is 10.1. The molecule has 6 nitrogen and oxygen atoms in total. The molecular weight excluding hydrogens is 364 g/mol. The molecule has 2 amide bonds. The molecule has 1 unspecified atom stereocenters. The summed E-state index contributed by atoms with van der Waals surface area (Å²) in [5.41, 5.74) is 1.76. The van der Waals surface area contributed by atoms with Crippen LogP contribution in [0.25, 0.3) is 0 Å². The molecule has 7 heteroatoms. The standard InChI is InChI=1S/C20H28N2O4S/c1-2-3-11-22(18-10-13-27(25,26)15-18)20(24)14-16-6-8-17(9-7-16)21-12-4-5-19(21)23/h6-9,18H,2-5,10-15H2,1H3. The number of nitrogens with zero attached hydrogens (tertiary/aromatic N) is 2. The van der Waals surface area contributed by atoms with Crippen molar-refractivity contribution in [1.82, 2.24) is 4.90 Å². The highest BCUT2D eigenvalue weighted by Crippen LogP contribution is 2.23. The van der Waals surface area contributed by atoms with Crippen molar-refractivity contribution in [2.75, 3.05) is 29.5 Å². The maximum atomic E-state index is 12.9. The number of anilines is 1. The third-order valence-corrected chi connectivity index (χ3v) is 7.15. The molecule has 1 aromatic rings. The smallest absolute Gasteiger partial charge is 0.227 e. The summed E-state index contributed by atoms with van der Waals surface area (Å²) < 4.78 is 23.6. The Balaban J connectivity index is 1.66. The minimum atomic E-state index is -3.02. The summed E-state index contributed by atoms with van der Waals surface area (Å²) in [5, 5.41) is 0. The van der Waals surface area contributed by atoms with Crippen molar-refractivity contribution in [2.24, 2.45) is 0 Å². The van der Waals surface area contributed by atoms with Gasteiger partial charge in [-0.25, -0.2) is 8.42 Å². The second-order valence-electron chi connectivity index (χ2n) is 7.49. The Bertz CT molecular complexity index is 789. The summed E-state index contributed by atoms with van der Waals surface area (Å²) in [7, 11) is -3.02. The Morgan fingerprint density at radius 2 is 2.00 bits per heavy atom. The predicted molar refractivity (Wildman–Crippen MR) is 105 cm³/mol. The fourth-order valence-electron chi connectivity index (χ4n) is 3.85. The van der Waals surface area contributed by atoms with Crippen molar-refractivity contribution < 1.29 is 18.0 Å². The van der Waals surface area contributed by atoms with E-state index < -0.39 is 9.84 Å². The zero-order chi connectivity index (χ0) is 19.4. The largest absolute Gasteiger partial charge is 0.338 e. The topological polar surface area (TPSA) is 74.8 Å². The van der Waals surface area contributed by atoms with Crippen LogP contribution in [0.1, 0.15) is 44.6 Å². The monoisotopic (exact) mass is 392 g/mol. The van der Waals surface area contributed by atoms with Gasteiger partial charge < -0.3 is 9.80 Å². The van der Waals surface area contributed by atoms with E-state index in [1.165, 1.54) is 0 Å². The fraction of sp³-hybridized carbons (Fsp3) is 0.600. The summed E-state index contributed by atoms with van der Waals surface area (Å²) in [6, 6.07) is 7.37. The minimum absolute atomic E-state index is 0.0180. The van der Waals surface area contributed by atoms with Gasteiger partial charge in [-0.15, -0.1) is 0 Å². The summed E-state index contributed by atoms with van der Waals surface area (Å²) in [6.07, 6.45) is 4.11. The third kappa shape index (κ3) is 4.89. The number of benzene rings is 1. The average Bonchev–Trinajstić information content (AvgIpc) is 3.21. The Morgan fingerprint density at radius 1 is 1.26 bits per heavy atom. The van der Waals surface area contributed by atoms with Gasteiger partial charge in [-0.1, -0.05) is 25.5 Å². The van der Waals surface area contributed by atoms with Gasteiger partial charge in [-0.2, -0.15) is 0 Å². The lowest BCUT2D eigenvalue weighted by Crippen LogP contribution is -2.42.